The Morgan fingerprint density at radius 2 is 2.00 bits per heavy atom. The Morgan fingerprint density at radius 3 is 2.65 bits per heavy atom. The van der Waals surface area contributed by atoms with Gasteiger partial charge in [0.25, 0.3) is 21.4 Å². The Kier molecular flexibility index (Phi) is 4.09. The Morgan fingerprint density at radius 1 is 1.31 bits per heavy atom. The third kappa shape index (κ3) is 3.20. The number of aromatic nitrogens is 3. The van der Waals surface area contributed by atoms with Crippen LogP contribution in [0.3, 0.4) is 0 Å². The fourth-order valence-electron chi connectivity index (χ4n) is 2.10. The Hall–Kier alpha value is -3.45. The van der Waals surface area contributed by atoms with E-state index in [0.29, 0.717) is 11.6 Å². The zero-order chi connectivity index (χ0) is 19.1. The second-order valence-corrected chi connectivity index (χ2v) is 6.59. The second-order valence-electron chi connectivity index (χ2n) is 5.17. The van der Waals surface area contributed by atoms with Crippen LogP contribution >= 0.6 is 0 Å². The molecule has 2 N–H and O–H groups in total. The van der Waals surface area contributed by atoms with Gasteiger partial charge in [-0.25, -0.2) is 4.52 Å². The molecule has 0 aliphatic rings. The van der Waals surface area contributed by atoms with Crippen molar-refractivity contribution in [3.8, 4) is 0 Å². The molecule has 0 saturated carbocycles. The van der Waals surface area contributed by atoms with Gasteiger partial charge >= 0.3 is 0 Å². The van der Waals surface area contributed by atoms with Crippen LogP contribution in [0.25, 0.3) is 5.65 Å². The fraction of sp³-hybridized carbons (Fsp3) is 0.0769. The number of nitro benzene ring substituents is 1. The van der Waals surface area contributed by atoms with E-state index >= 15 is 0 Å². The first-order valence-electron chi connectivity index (χ1n) is 6.92. The molecule has 2 aromatic heterocycles. The minimum atomic E-state index is -4.60. The molecule has 0 unspecified atom stereocenters. The van der Waals surface area contributed by atoms with Gasteiger partial charge in [0.15, 0.2) is 11.3 Å². The molecule has 0 aliphatic heterocycles. The lowest BCUT2D eigenvalue weighted by Gasteiger charge is -2.00. The maximum atomic E-state index is 11.7. The smallest absolute Gasteiger partial charge is 0.298 e. The van der Waals surface area contributed by atoms with Crippen LogP contribution in [0, 0.1) is 17.0 Å². The monoisotopic (exact) mass is 378 g/mol. The highest BCUT2D eigenvalue weighted by Crippen LogP contribution is 2.31. The van der Waals surface area contributed by atoms with Crippen molar-refractivity contribution in [2.75, 3.05) is 0 Å². The topological polar surface area (TPSA) is 172 Å². The van der Waals surface area contributed by atoms with Crippen molar-refractivity contribution in [1.29, 1.82) is 0 Å². The summed E-state index contributed by atoms with van der Waals surface area (Å²) in [4.78, 5) is 23.9. The molecule has 26 heavy (non-hydrogen) atoms. The lowest BCUT2D eigenvalue weighted by atomic mass is 10.3. The standard InChI is InChI=1S/C13H10N6O6S/c1-7-6-18-12(15-13(7)20)10(5-14-18)17-16-9-3-2-8(26(23,24)25)4-11(9)19(21)22/h2-6H,1H3,(H,15,20)(H,23,24,25). The van der Waals surface area contributed by atoms with Gasteiger partial charge in [-0.15, -0.1) is 10.2 Å². The number of aromatic amines is 1. The van der Waals surface area contributed by atoms with Crippen molar-refractivity contribution in [2.45, 2.75) is 11.8 Å². The van der Waals surface area contributed by atoms with Gasteiger partial charge in [0.2, 0.25) is 0 Å². The number of azo groups is 1. The number of aryl methyl sites for hydroxylation is 1. The molecule has 0 bridgehead atoms. The number of nitro groups is 1. The van der Waals surface area contributed by atoms with Crippen LogP contribution in [0.4, 0.5) is 17.1 Å². The lowest BCUT2D eigenvalue weighted by molar-refractivity contribution is -0.384. The first kappa shape index (κ1) is 17.4. The Labute approximate surface area is 144 Å². The maximum absolute atomic E-state index is 11.7. The molecule has 3 aromatic rings. The van der Waals surface area contributed by atoms with Crippen LogP contribution in [-0.2, 0) is 10.1 Å². The van der Waals surface area contributed by atoms with Crippen molar-refractivity contribution in [3.05, 3.63) is 56.6 Å². The molecule has 0 amide bonds. The SMILES string of the molecule is Cc1cn2ncc(N=Nc3ccc(S(=O)(=O)O)cc3[N+](=O)[O-])c2[nH]c1=O. The number of nitrogens with one attached hydrogen (secondary N) is 1. The van der Waals surface area contributed by atoms with Gasteiger partial charge in [-0.2, -0.15) is 13.5 Å². The molecule has 0 radical (unpaired) electrons. The number of fused-ring (bicyclic) bond motifs is 1. The van der Waals surface area contributed by atoms with Gasteiger partial charge in [-0.05, 0) is 19.1 Å². The van der Waals surface area contributed by atoms with Crippen molar-refractivity contribution in [2.24, 2.45) is 10.2 Å². The summed E-state index contributed by atoms with van der Waals surface area (Å²) in [6.07, 6.45) is 2.78. The summed E-state index contributed by atoms with van der Waals surface area (Å²) < 4.78 is 32.6. The lowest BCUT2D eigenvalue weighted by Crippen LogP contribution is -2.11. The first-order chi connectivity index (χ1) is 12.2. The van der Waals surface area contributed by atoms with Gasteiger partial charge in [-0.3, -0.25) is 19.5 Å². The summed E-state index contributed by atoms with van der Waals surface area (Å²) in [5, 5.41) is 22.7. The van der Waals surface area contributed by atoms with Gasteiger partial charge in [-0.1, -0.05) is 0 Å². The summed E-state index contributed by atoms with van der Waals surface area (Å²) in [6.45, 7) is 1.60. The van der Waals surface area contributed by atoms with Gasteiger partial charge < -0.3 is 4.98 Å². The van der Waals surface area contributed by atoms with E-state index in [-0.39, 0.29) is 22.6 Å². The van der Waals surface area contributed by atoms with Crippen LogP contribution in [0.15, 0.2) is 50.5 Å². The maximum Gasteiger partial charge on any atom is 0.298 e. The third-order valence-corrected chi connectivity index (χ3v) is 4.24. The van der Waals surface area contributed by atoms with E-state index in [9.17, 15) is 23.3 Å². The average molecular weight is 378 g/mol. The summed E-state index contributed by atoms with van der Waals surface area (Å²) in [5.41, 5.74) is -0.434. The molecule has 134 valence electrons. The summed E-state index contributed by atoms with van der Waals surface area (Å²) in [6, 6.07) is 2.66. The minimum Gasteiger partial charge on any atom is -0.305 e. The molecule has 12 nitrogen and oxygen atoms in total. The number of nitrogens with zero attached hydrogens (tertiary/aromatic N) is 5. The predicted molar refractivity (Wildman–Crippen MR) is 87.6 cm³/mol. The Bertz CT molecular complexity index is 1230. The molecule has 0 spiro atoms. The van der Waals surface area contributed by atoms with Crippen LogP contribution in [-0.4, -0.2) is 32.5 Å². The van der Waals surface area contributed by atoms with E-state index < -0.39 is 25.6 Å². The molecular weight excluding hydrogens is 368 g/mol. The van der Waals surface area contributed by atoms with Crippen LogP contribution < -0.4 is 5.56 Å². The first-order valence-corrected chi connectivity index (χ1v) is 8.36. The quantitative estimate of drug-likeness (QED) is 0.302. The van der Waals surface area contributed by atoms with Gasteiger partial charge in [0.05, 0.1) is 11.1 Å². The Balaban J connectivity index is 2.07. The molecule has 1 aromatic carbocycles. The van der Waals surface area contributed by atoms with Crippen molar-refractivity contribution in [3.63, 3.8) is 0 Å². The average Bonchev–Trinajstić information content (AvgIpc) is 2.94. The zero-order valence-corrected chi connectivity index (χ0v) is 13.8. The van der Waals surface area contributed by atoms with E-state index in [4.69, 9.17) is 4.55 Å². The van der Waals surface area contributed by atoms with E-state index in [0.717, 1.165) is 12.1 Å². The van der Waals surface area contributed by atoms with E-state index in [1.807, 2.05) is 0 Å². The van der Waals surface area contributed by atoms with Crippen molar-refractivity contribution < 1.29 is 17.9 Å². The molecule has 0 aliphatic carbocycles. The van der Waals surface area contributed by atoms with Gasteiger partial charge in [0.1, 0.15) is 10.6 Å². The summed E-state index contributed by atoms with van der Waals surface area (Å²) >= 11 is 0. The normalized spacial score (nSPS) is 12.1. The van der Waals surface area contributed by atoms with Crippen molar-refractivity contribution in [1.82, 2.24) is 14.6 Å². The highest BCUT2D eigenvalue weighted by atomic mass is 32.2. The molecule has 2 heterocycles. The van der Waals surface area contributed by atoms with E-state index in [2.05, 4.69) is 20.3 Å². The number of hydrogen-bond donors (Lipinski definition) is 2. The largest absolute Gasteiger partial charge is 0.305 e. The number of rotatable bonds is 4. The van der Waals surface area contributed by atoms with Crippen LogP contribution in [0.1, 0.15) is 5.56 Å². The number of H-pyrrole nitrogens is 1. The number of hydrogen-bond acceptors (Lipinski definition) is 8. The second kappa shape index (κ2) is 6.12. The van der Waals surface area contributed by atoms with Crippen LogP contribution in [0.2, 0.25) is 0 Å². The molecule has 0 atom stereocenters. The van der Waals surface area contributed by atoms with Gasteiger partial charge in [0, 0.05) is 17.8 Å². The highest BCUT2D eigenvalue weighted by Gasteiger charge is 2.20. The van der Waals surface area contributed by atoms with E-state index in [1.54, 1.807) is 6.92 Å². The minimum absolute atomic E-state index is 0.148. The summed E-state index contributed by atoms with van der Waals surface area (Å²) in [5.74, 6) is 0. The van der Waals surface area contributed by atoms with E-state index in [1.165, 1.54) is 16.9 Å². The third-order valence-electron chi connectivity index (χ3n) is 3.39. The fourth-order valence-corrected chi connectivity index (χ4v) is 2.60. The molecule has 3 rings (SSSR count). The number of benzene rings is 1. The van der Waals surface area contributed by atoms with Crippen LogP contribution in [0.5, 0.6) is 0 Å². The van der Waals surface area contributed by atoms with Crippen molar-refractivity contribution >= 4 is 32.8 Å². The molecule has 0 saturated heterocycles. The molecule has 13 heteroatoms. The molecular formula is C13H10N6O6S. The molecule has 0 fully saturated rings. The summed E-state index contributed by atoms with van der Waals surface area (Å²) in [7, 11) is -4.60. The highest BCUT2D eigenvalue weighted by molar-refractivity contribution is 7.85. The zero-order valence-electron chi connectivity index (χ0n) is 13.0. The predicted octanol–water partition coefficient (Wildman–Crippen LogP) is 1.90.